The molecule has 2 heterocycles. The van der Waals surface area contributed by atoms with Crippen molar-refractivity contribution < 1.29 is 68.3 Å². The first-order chi connectivity index (χ1) is 29.2. The molecule has 14 nitrogen and oxygen atoms in total. The number of ether oxygens (including phenoxy) is 7. The number of aliphatic hydroxyl groups excluding tert-OH is 2. The molecule has 0 bridgehead atoms. The van der Waals surface area contributed by atoms with E-state index in [2.05, 4.69) is 6.92 Å². The Morgan fingerprint density at radius 2 is 1.61 bits per heavy atom. The van der Waals surface area contributed by atoms with Crippen LogP contribution in [0, 0.1) is 22.7 Å². The number of fused-ring (bicyclic) bond motifs is 5. The lowest BCUT2D eigenvalue weighted by molar-refractivity contribution is -0.328. The minimum Gasteiger partial charge on any atom is -0.460 e. The molecule has 0 radical (unpaired) electrons. The number of carbonyl (C=O) groups excluding carboxylic acids is 2. The van der Waals surface area contributed by atoms with E-state index in [0.29, 0.717) is 25.7 Å². The third kappa shape index (κ3) is 8.24. The van der Waals surface area contributed by atoms with Crippen LogP contribution in [-0.4, -0.2) is 129 Å². The first kappa shape index (κ1) is 47.2. The van der Waals surface area contributed by atoms with Gasteiger partial charge in [0.2, 0.25) is 0 Å². The Kier molecular flexibility index (Phi) is 13.6. The molecule has 17 unspecified atom stereocenters. The lowest BCUT2D eigenvalue weighted by atomic mass is 9.42. The molecule has 0 amide bonds. The second-order valence-electron chi connectivity index (χ2n) is 19.9. The summed E-state index contributed by atoms with van der Waals surface area (Å²) in [6.07, 6.45) is -0.162. The minimum atomic E-state index is -1.95. The van der Waals surface area contributed by atoms with Gasteiger partial charge in [0.15, 0.2) is 12.6 Å². The van der Waals surface area contributed by atoms with Crippen LogP contribution in [0.25, 0.3) is 6.08 Å². The van der Waals surface area contributed by atoms with Crippen molar-refractivity contribution in [2.75, 3.05) is 7.11 Å². The highest BCUT2D eigenvalue weighted by atomic mass is 16.7. The van der Waals surface area contributed by atoms with E-state index in [1.54, 1.807) is 26.8 Å². The third-order valence-electron chi connectivity index (χ3n) is 15.9. The highest BCUT2D eigenvalue weighted by molar-refractivity contribution is 5.87. The lowest BCUT2D eigenvalue weighted by Gasteiger charge is -2.67. The van der Waals surface area contributed by atoms with E-state index in [0.717, 1.165) is 11.1 Å². The fraction of sp³-hybridized carbons (Fsp3) is 0.750. The third-order valence-corrected chi connectivity index (χ3v) is 15.9. The second-order valence-corrected chi connectivity index (χ2v) is 19.9. The van der Waals surface area contributed by atoms with Gasteiger partial charge in [-0.15, -0.1) is 0 Å². The van der Waals surface area contributed by atoms with E-state index in [-0.39, 0.29) is 50.5 Å². The highest BCUT2D eigenvalue weighted by Crippen LogP contribution is 2.71. The van der Waals surface area contributed by atoms with Crippen molar-refractivity contribution in [2.45, 2.75) is 197 Å². The fourth-order valence-electron chi connectivity index (χ4n) is 12.2. The van der Waals surface area contributed by atoms with Crippen molar-refractivity contribution in [3.8, 4) is 0 Å². The Hall–Kier alpha value is -2.76. The number of benzene rings is 1. The second kappa shape index (κ2) is 17.9. The van der Waals surface area contributed by atoms with E-state index >= 15 is 0 Å². The first-order valence-corrected chi connectivity index (χ1v) is 22.7. The topological polar surface area (TPSA) is 200 Å². The quantitative estimate of drug-likeness (QED) is 0.108. The van der Waals surface area contributed by atoms with Crippen LogP contribution in [0.1, 0.15) is 118 Å². The fourth-order valence-corrected chi connectivity index (χ4v) is 12.2. The number of carbonyl (C=O) groups is 2. The maximum absolute atomic E-state index is 13.7. The molecule has 2 saturated heterocycles. The maximum Gasteiger partial charge on any atom is 0.331 e. The predicted molar refractivity (Wildman–Crippen MR) is 226 cm³/mol. The van der Waals surface area contributed by atoms with Crippen LogP contribution in [0.3, 0.4) is 0 Å². The molecule has 6 aliphatic rings. The van der Waals surface area contributed by atoms with Crippen LogP contribution < -0.4 is 0 Å². The summed E-state index contributed by atoms with van der Waals surface area (Å²) in [6.45, 7) is 12.7. The summed E-state index contributed by atoms with van der Waals surface area (Å²) >= 11 is 0. The van der Waals surface area contributed by atoms with Crippen molar-refractivity contribution >= 4 is 18.0 Å². The van der Waals surface area contributed by atoms with Crippen LogP contribution in [0.4, 0.5) is 0 Å². The molecule has 17 atom stereocenters. The lowest BCUT2D eigenvalue weighted by Crippen LogP contribution is -2.78. The van der Waals surface area contributed by atoms with Gasteiger partial charge in [-0.2, -0.15) is 0 Å². The van der Waals surface area contributed by atoms with Crippen molar-refractivity contribution in [3.05, 3.63) is 53.6 Å². The predicted octanol–water partition coefficient (Wildman–Crippen LogP) is 4.90. The van der Waals surface area contributed by atoms with E-state index in [1.165, 1.54) is 13.2 Å². The Balaban J connectivity index is 1.10. The minimum absolute atomic E-state index is 0.00339. The van der Waals surface area contributed by atoms with E-state index < -0.39 is 107 Å². The van der Waals surface area contributed by atoms with Gasteiger partial charge < -0.3 is 58.7 Å². The molecule has 4 aliphatic carbocycles. The number of methoxy groups -OCH3 is 1. The summed E-state index contributed by atoms with van der Waals surface area (Å²) in [6, 6.07) is 9.32. The maximum atomic E-state index is 13.7. The zero-order valence-electron chi connectivity index (χ0n) is 37.6. The monoisotopic (exact) mass is 870 g/mol. The van der Waals surface area contributed by atoms with Crippen LogP contribution in [-0.2, 0) is 42.7 Å². The van der Waals surface area contributed by atoms with Gasteiger partial charge in [0, 0.05) is 38.4 Å². The zero-order valence-corrected chi connectivity index (χ0v) is 37.6. The molecule has 3 saturated carbocycles. The molecule has 62 heavy (non-hydrogen) atoms. The molecule has 7 rings (SSSR count). The molecule has 1 aromatic rings. The average molecular weight is 871 g/mol. The zero-order chi connectivity index (χ0) is 45.0. The van der Waals surface area contributed by atoms with E-state index in [9.17, 15) is 35.1 Å². The molecule has 0 aromatic heterocycles. The van der Waals surface area contributed by atoms with Gasteiger partial charge in [-0.1, -0.05) is 69.7 Å². The van der Waals surface area contributed by atoms with Crippen molar-refractivity contribution in [1.29, 1.82) is 0 Å². The molecule has 14 heteroatoms. The van der Waals surface area contributed by atoms with Gasteiger partial charge in [0.25, 0.3) is 0 Å². The van der Waals surface area contributed by atoms with Gasteiger partial charge in [-0.25, -0.2) is 4.79 Å². The Morgan fingerprint density at radius 3 is 2.29 bits per heavy atom. The number of hydrogen-bond acceptors (Lipinski definition) is 14. The SMILES string of the molecule is COC1CC(OC2C(O)CC(OC3CCC4(C)C(=CCC5(O)C4CC(OC(=O)C=Cc4ccccc4)C4(C)C(O)(C(C)OC(=O)CC(C)C)CCC54O)C3)OC2C)OC(C)C1O. The van der Waals surface area contributed by atoms with Gasteiger partial charge in [0.05, 0.1) is 35.9 Å². The van der Waals surface area contributed by atoms with Gasteiger partial charge in [0.1, 0.15) is 41.2 Å². The van der Waals surface area contributed by atoms with Gasteiger partial charge >= 0.3 is 11.9 Å². The first-order valence-electron chi connectivity index (χ1n) is 22.7. The Morgan fingerprint density at radius 1 is 0.919 bits per heavy atom. The summed E-state index contributed by atoms with van der Waals surface area (Å²) in [4.78, 5) is 26.7. The van der Waals surface area contributed by atoms with Crippen LogP contribution >= 0.6 is 0 Å². The summed E-state index contributed by atoms with van der Waals surface area (Å²) in [7, 11) is 1.53. The normalized spacial score (nSPS) is 44.8. The molecule has 0 spiro atoms. The van der Waals surface area contributed by atoms with Crippen molar-refractivity contribution in [3.63, 3.8) is 0 Å². The molecular formula is C48H70O14. The van der Waals surface area contributed by atoms with Gasteiger partial charge in [-0.3, -0.25) is 4.79 Å². The van der Waals surface area contributed by atoms with E-state index in [4.69, 9.17) is 33.2 Å². The standard InChI is InChI=1S/C48H70O14/c1-27(2)22-39(51)59-30(5)46(53)20-21-48(55)45(46,7)37(61-38(50)15-14-31-12-10-9-11-13-31)26-36-44(6)18-17-33(23-32(44)16-19-47(36,48)54)60-40-24-34(49)43(29(4)58-40)62-41-25-35(56-8)42(52)28(3)57-41/h9-16,27-30,33-37,40-43,49,52-55H,17-26H2,1-8H3. The Bertz CT molecular complexity index is 1810. The molecule has 2 aliphatic heterocycles. The summed E-state index contributed by atoms with van der Waals surface area (Å²) in [5.41, 5.74) is -5.98. The Labute approximate surface area is 365 Å². The van der Waals surface area contributed by atoms with Crippen molar-refractivity contribution in [1.82, 2.24) is 0 Å². The molecule has 5 N–H and O–H groups in total. The van der Waals surface area contributed by atoms with Crippen LogP contribution in [0.2, 0.25) is 0 Å². The number of esters is 2. The van der Waals surface area contributed by atoms with Crippen LogP contribution in [0.15, 0.2) is 48.1 Å². The van der Waals surface area contributed by atoms with Crippen LogP contribution in [0.5, 0.6) is 0 Å². The number of aliphatic hydroxyl groups is 5. The number of rotatable bonds is 12. The molecule has 5 fully saturated rings. The van der Waals surface area contributed by atoms with E-state index in [1.807, 2.05) is 57.2 Å². The van der Waals surface area contributed by atoms with Gasteiger partial charge in [-0.05, 0) is 88.7 Å². The molecule has 346 valence electrons. The average Bonchev–Trinajstić information content (AvgIpc) is 3.45. The molecule has 1 aromatic carbocycles. The highest BCUT2D eigenvalue weighted by Gasteiger charge is 2.81. The number of hydrogen-bond donors (Lipinski definition) is 5. The largest absolute Gasteiger partial charge is 0.460 e. The summed E-state index contributed by atoms with van der Waals surface area (Å²) < 4.78 is 42.5. The molecular weight excluding hydrogens is 801 g/mol. The summed E-state index contributed by atoms with van der Waals surface area (Å²) in [5.74, 6) is -1.70. The summed E-state index contributed by atoms with van der Waals surface area (Å²) in [5, 5.41) is 60.7. The smallest absolute Gasteiger partial charge is 0.331 e. The van der Waals surface area contributed by atoms with Crippen molar-refractivity contribution in [2.24, 2.45) is 22.7 Å².